The number of fused-ring (bicyclic) bond motifs is 1. The van der Waals surface area contributed by atoms with Gasteiger partial charge in [-0.2, -0.15) is 0 Å². The van der Waals surface area contributed by atoms with E-state index in [1.165, 1.54) is 0 Å². The summed E-state index contributed by atoms with van der Waals surface area (Å²) in [7, 11) is 0. The Hall–Kier alpha value is -1.86. The van der Waals surface area contributed by atoms with Gasteiger partial charge in [-0.1, -0.05) is 54.6 Å². The van der Waals surface area contributed by atoms with Gasteiger partial charge in [0.05, 0.1) is 0 Å². The molecule has 0 saturated heterocycles. The third-order valence-corrected chi connectivity index (χ3v) is 3.27. The summed E-state index contributed by atoms with van der Waals surface area (Å²) < 4.78 is 0. The molecule has 2 aromatic carbocycles. The number of aliphatic hydroxyl groups is 1. The van der Waals surface area contributed by atoms with Gasteiger partial charge in [0.2, 0.25) is 0 Å². The van der Waals surface area contributed by atoms with Crippen LogP contribution in [0.3, 0.4) is 0 Å². The van der Waals surface area contributed by atoms with Crippen LogP contribution in [0, 0.1) is 0 Å². The zero-order chi connectivity index (χ0) is 11.9. The Morgan fingerprint density at radius 3 is 2.29 bits per heavy atom. The van der Waals surface area contributed by atoms with Crippen LogP contribution in [-0.2, 0) is 5.60 Å². The summed E-state index contributed by atoms with van der Waals surface area (Å²) in [5, 5.41) is 10.4. The smallest absolute Gasteiger partial charge is 0.106 e. The van der Waals surface area contributed by atoms with E-state index < -0.39 is 5.60 Å². The van der Waals surface area contributed by atoms with E-state index in [2.05, 4.69) is 18.2 Å². The number of hydrogen-bond donors (Lipinski definition) is 1. The average molecular weight is 222 g/mol. The van der Waals surface area contributed by atoms with Crippen molar-refractivity contribution in [3.8, 4) is 0 Å². The molecule has 3 rings (SSSR count). The average Bonchev–Trinajstić information content (AvgIpc) is 2.64. The molecule has 1 aliphatic carbocycles. The molecule has 0 fully saturated rings. The molecule has 84 valence electrons. The second-order valence-electron chi connectivity index (χ2n) is 4.62. The van der Waals surface area contributed by atoms with Crippen molar-refractivity contribution < 1.29 is 5.11 Å². The summed E-state index contributed by atoms with van der Waals surface area (Å²) in [5.41, 5.74) is 3.52. The highest BCUT2D eigenvalue weighted by molar-refractivity contribution is 5.86. The molecule has 1 N–H and O–H groups in total. The molecule has 1 heteroatoms. The van der Waals surface area contributed by atoms with Gasteiger partial charge in [-0.15, -0.1) is 0 Å². The molecule has 0 aliphatic heterocycles. The maximum absolute atomic E-state index is 10.4. The van der Waals surface area contributed by atoms with Crippen molar-refractivity contribution in [2.24, 2.45) is 0 Å². The number of benzene rings is 2. The minimum atomic E-state index is -0.859. The van der Waals surface area contributed by atoms with Gasteiger partial charge in [0.1, 0.15) is 5.60 Å². The summed E-state index contributed by atoms with van der Waals surface area (Å²) in [6.45, 7) is 1.84. The van der Waals surface area contributed by atoms with Gasteiger partial charge in [-0.05, 0) is 35.3 Å². The fourth-order valence-electron chi connectivity index (χ4n) is 2.45. The van der Waals surface area contributed by atoms with Crippen molar-refractivity contribution in [3.63, 3.8) is 0 Å². The first-order valence-electron chi connectivity index (χ1n) is 5.79. The van der Waals surface area contributed by atoms with Crippen molar-refractivity contribution in [1.29, 1.82) is 0 Å². The minimum absolute atomic E-state index is 0.859. The SMILES string of the molecule is CC1(O)C=C(c2ccccc2)c2ccccc21. The van der Waals surface area contributed by atoms with E-state index >= 15 is 0 Å². The highest BCUT2D eigenvalue weighted by Crippen LogP contribution is 2.41. The molecule has 17 heavy (non-hydrogen) atoms. The van der Waals surface area contributed by atoms with Gasteiger partial charge in [-0.3, -0.25) is 0 Å². The van der Waals surface area contributed by atoms with E-state index in [4.69, 9.17) is 0 Å². The summed E-state index contributed by atoms with van der Waals surface area (Å²) in [6, 6.07) is 18.2. The van der Waals surface area contributed by atoms with E-state index in [0.29, 0.717) is 0 Å². The summed E-state index contributed by atoms with van der Waals surface area (Å²) >= 11 is 0. The molecular formula is C16H14O. The van der Waals surface area contributed by atoms with Gasteiger partial charge in [0.15, 0.2) is 0 Å². The maximum atomic E-state index is 10.4. The first kappa shape index (κ1) is 10.3. The molecule has 1 aliphatic rings. The first-order chi connectivity index (χ1) is 8.18. The normalized spacial score (nSPS) is 22.1. The standard InChI is InChI=1S/C16H14O/c1-16(17)11-14(12-7-3-2-4-8-12)13-9-5-6-10-15(13)16/h2-11,17H,1H3. The Morgan fingerprint density at radius 1 is 0.882 bits per heavy atom. The molecule has 1 unspecified atom stereocenters. The van der Waals surface area contributed by atoms with Crippen LogP contribution in [0.4, 0.5) is 0 Å². The van der Waals surface area contributed by atoms with E-state index in [0.717, 1.165) is 22.3 Å². The molecule has 0 heterocycles. The fourth-order valence-corrected chi connectivity index (χ4v) is 2.45. The van der Waals surface area contributed by atoms with Crippen LogP contribution in [0.1, 0.15) is 23.6 Å². The van der Waals surface area contributed by atoms with Crippen molar-refractivity contribution in [2.75, 3.05) is 0 Å². The van der Waals surface area contributed by atoms with Crippen LogP contribution >= 0.6 is 0 Å². The second-order valence-corrected chi connectivity index (χ2v) is 4.62. The predicted molar refractivity (Wildman–Crippen MR) is 69.5 cm³/mol. The number of hydrogen-bond acceptors (Lipinski definition) is 1. The fraction of sp³-hybridized carbons (Fsp3) is 0.125. The summed E-state index contributed by atoms with van der Waals surface area (Å²) in [5.74, 6) is 0. The van der Waals surface area contributed by atoms with Crippen molar-refractivity contribution in [2.45, 2.75) is 12.5 Å². The lowest BCUT2D eigenvalue weighted by Gasteiger charge is -2.15. The Bertz CT molecular complexity index is 579. The first-order valence-corrected chi connectivity index (χ1v) is 5.79. The van der Waals surface area contributed by atoms with Gasteiger partial charge in [0.25, 0.3) is 0 Å². The largest absolute Gasteiger partial charge is 0.381 e. The molecule has 0 amide bonds. The Morgan fingerprint density at radius 2 is 1.53 bits per heavy atom. The highest BCUT2D eigenvalue weighted by atomic mass is 16.3. The number of rotatable bonds is 1. The van der Waals surface area contributed by atoms with E-state index in [-0.39, 0.29) is 0 Å². The lowest BCUT2D eigenvalue weighted by Crippen LogP contribution is -2.14. The van der Waals surface area contributed by atoms with Gasteiger partial charge in [0, 0.05) is 0 Å². The molecule has 0 spiro atoms. The second kappa shape index (κ2) is 3.57. The summed E-state index contributed by atoms with van der Waals surface area (Å²) in [6.07, 6.45) is 1.94. The predicted octanol–water partition coefficient (Wildman–Crippen LogP) is 3.34. The van der Waals surface area contributed by atoms with Crippen LogP contribution in [-0.4, -0.2) is 5.11 Å². The van der Waals surface area contributed by atoms with E-state index in [1.807, 2.05) is 49.4 Å². The third kappa shape index (κ3) is 1.60. The topological polar surface area (TPSA) is 20.2 Å². The van der Waals surface area contributed by atoms with Crippen molar-refractivity contribution in [1.82, 2.24) is 0 Å². The third-order valence-electron chi connectivity index (χ3n) is 3.27. The Labute approximate surface area is 101 Å². The molecule has 1 nitrogen and oxygen atoms in total. The maximum Gasteiger partial charge on any atom is 0.106 e. The zero-order valence-corrected chi connectivity index (χ0v) is 9.72. The lowest BCUT2D eigenvalue weighted by atomic mass is 9.97. The Kier molecular flexibility index (Phi) is 2.17. The summed E-state index contributed by atoms with van der Waals surface area (Å²) in [4.78, 5) is 0. The molecule has 0 radical (unpaired) electrons. The van der Waals surface area contributed by atoms with Crippen molar-refractivity contribution in [3.05, 3.63) is 77.4 Å². The lowest BCUT2D eigenvalue weighted by molar-refractivity contribution is 0.115. The minimum Gasteiger partial charge on any atom is -0.381 e. The van der Waals surface area contributed by atoms with Crippen LogP contribution in [0.5, 0.6) is 0 Å². The van der Waals surface area contributed by atoms with E-state index in [9.17, 15) is 5.11 Å². The molecule has 2 aromatic rings. The van der Waals surface area contributed by atoms with E-state index in [1.54, 1.807) is 0 Å². The molecule has 0 bridgehead atoms. The molecule has 0 saturated carbocycles. The quantitative estimate of drug-likeness (QED) is 0.784. The zero-order valence-electron chi connectivity index (χ0n) is 9.72. The van der Waals surface area contributed by atoms with Gasteiger partial charge < -0.3 is 5.11 Å². The monoisotopic (exact) mass is 222 g/mol. The highest BCUT2D eigenvalue weighted by Gasteiger charge is 2.31. The molecular weight excluding hydrogens is 208 g/mol. The Balaban J connectivity index is 2.21. The van der Waals surface area contributed by atoms with Gasteiger partial charge in [-0.25, -0.2) is 0 Å². The van der Waals surface area contributed by atoms with Crippen LogP contribution < -0.4 is 0 Å². The van der Waals surface area contributed by atoms with Gasteiger partial charge >= 0.3 is 0 Å². The van der Waals surface area contributed by atoms with Crippen LogP contribution in [0.25, 0.3) is 5.57 Å². The molecule has 1 atom stereocenters. The van der Waals surface area contributed by atoms with Crippen LogP contribution in [0.15, 0.2) is 60.7 Å². The molecule has 0 aromatic heterocycles. The van der Waals surface area contributed by atoms with Crippen LogP contribution in [0.2, 0.25) is 0 Å². The van der Waals surface area contributed by atoms with Crippen molar-refractivity contribution >= 4 is 5.57 Å².